The largest absolute Gasteiger partial charge is 0.364 e. The third kappa shape index (κ3) is 2.86. The Balaban J connectivity index is 1.80. The molecule has 0 aliphatic carbocycles. The Bertz CT molecular complexity index is 754. The Morgan fingerprint density at radius 2 is 2.05 bits per heavy atom. The summed E-state index contributed by atoms with van der Waals surface area (Å²) in [5.41, 5.74) is 4.31. The first-order valence-corrected chi connectivity index (χ1v) is 7.00. The highest BCUT2D eigenvalue weighted by Gasteiger charge is 2.14. The van der Waals surface area contributed by atoms with Crippen LogP contribution in [-0.2, 0) is 12.0 Å². The Labute approximate surface area is 123 Å². The molecule has 0 saturated heterocycles. The average molecular weight is 281 g/mol. The van der Waals surface area contributed by atoms with Gasteiger partial charge in [0.2, 0.25) is 0 Å². The lowest BCUT2D eigenvalue weighted by Gasteiger charge is -2.19. The van der Waals surface area contributed by atoms with E-state index in [1.54, 1.807) is 12.5 Å². The summed E-state index contributed by atoms with van der Waals surface area (Å²) in [5, 5.41) is 3.34. The zero-order chi connectivity index (χ0) is 14.9. The zero-order valence-electron chi connectivity index (χ0n) is 12.5. The molecule has 5 nitrogen and oxygen atoms in total. The van der Waals surface area contributed by atoms with Crippen molar-refractivity contribution in [2.45, 2.75) is 32.7 Å². The van der Waals surface area contributed by atoms with Gasteiger partial charge in [0, 0.05) is 25.1 Å². The van der Waals surface area contributed by atoms with Crippen LogP contribution >= 0.6 is 0 Å². The monoisotopic (exact) mass is 281 g/mol. The van der Waals surface area contributed by atoms with E-state index in [2.05, 4.69) is 52.1 Å². The first-order chi connectivity index (χ1) is 10.0. The van der Waals surface area contributed by atoms with E-state index < -0.39 is 0 Å². The number of hydrogen-bond donors (Lipinski definition) is 2. The maximum Gasteiger partial charge on any atom is 0.154 e. The standard InChI is InChI=1S/C16H19N5/c1-16(2,3)12-6-11(7-17-9-12)8-19-15-14-13(4-5-18-15)20-10-21-14/h4-7,9-10H,8H2,1-3H3,(H,18,19)(H,20,21). The number of nitrogens with one attached hydrogen (secondary N) is 2. The number of fused-ring (bicyclic) bond motifs is 1. The van der Waals surface area contributed by atoms with Gasteiger partial charge in [-0.25, -0.2) is 9.97 Å². The average Bonchev–Trinajstić information content (AvgIpc) is 2.93. The molecule has 5 heteroatoms. The number of imidazole rings is 1. The number of hydrogen-bond acceptors (Lipinski definition) is 4. The summed E-state index contributed by atoms with van der Waals surface area (Å²) in [5.74, 6) is 0.787. The van der Waals surface area contributed by atoms with Gasteiger partial charge < -0.3 is 10.3 Å². The van der Waals surface area contributed by atoms with Crippen LogP contribution in [0.2, 0.25) is 0 Å². The molecule has 3 rings (SSSR count). The van der Waals surface area contributed by atoms with E-state index in [-0.39, 0.29) is 5.41 Å². The first-order valence-electron chi connectivity index (χ1n) is 7.00. The molecule has 3 heterocycles. The Morgan fingerprint density at radius 3 is 2.86 bits per heavy atom. The quantitative estimate of drug-likeness (QED) is 0.773. The van der Waals surface area contributed by atoms with E-state index >= 15 is 0 Å². The molecular weight excluding hydrogens is 262 g/mol. The number of aromatic nitrogens is 4. The van der Waals surface area contributed by atoms with E-state index in [9.17, 15) is 0 Å². The minimum Gasteiger partial charge on any atom is -0.364 e. The molecule has 3 aromatic heterocycles. The van der Waals surface area contributed by atoms with Gasteiger partial charge in [0.25, 0.3) is 0 Å². The van der Waals surface area contributed by atoms with Crippen LogP contribution in [0.15, 0.2) is 37.1 Å². The fourth-order valence-corrected chi connectivity index (χ4v) is 2.18. The lowest BCUT2D eigenvalue weighted by molar-refractivity contribution is 0.586. The van der Waals surface area contributed by atoms with Crippen molar-refractivity contribution in [3.05, 3.63) is 48.2 Å². The number of anilines is 1. The van der Waals surface area contributed by atoms with Crippen molar-refractivity contribution in [1.82, 2.24) is 19.9 Å². The minimum atomic E-state index is 0.101. The van der Waals surface area contributed by atoms with Crippen LogP contribution in [0.4, 0.5) is 5.82 Å². The minimum absolute atomic E-state index is 0.101. The van der Waals surface area contributed by atoms with Crippen LogP contribution < -0.4 is 5.32 Å². The molecule has 21 heavy (non-hydrogen) atoms. The highest BCUT2D eigenvalue weighted by atomic mass is 15.0. The van der Waals surface area contributed by atoms with Crippen LogP contribution in [0.25, 0.3) is 11.0 Å². The second-order valence-electron chi connectivity index (χ2n) is 6.14. The topological polar surface area (TPSA) is 66.5 Å². The second-order valence-corrected chi connectivity index (χ2v) is 6.14. The number of H-pyrrole nitrogens is 1. The van der Waals surface area contributed by atoms with Gasteiger partial charge in [0.15, 0.2) is 5.82 Å². The summed E-state index contributed by atoms with van der Waals surface area (Å²) in [7, 11) is 0. The highest BCUT2D eigenvalue weighted by molar-refractivity contribution is 5.85. The molecule has 0 amide bonds. The smallest absolute Gasteiger partial charge is 0.154 e. The van der Waals surface area contributed by atoms with E-state index in [0.717, 1.165) is 22.4 Å². The molecule has 0 saturated carbocycles. The van der Waals surface area contributed by atoms with Crippen molar-refractivity contribution in [1.29, 1.82) is 0 Å². The Kier molecular flexibility index (Phi) is 3.33. The summed E-state index contributed by atoms with van der Waals surface area (Å²) < 4.78 is 0. The summed E-state index contributed by atoms with van der Waals surface area (Å²) in [6.45, 7) is 7.24. The highest BCUT2D eigenvalue weighted by Crippen LogP contribution is 2.22. The molecule has 0 aromatic carbocycles. The van der Waals surface area contributed by atoms with Gasteiger partial charge >= 0.3 is 0 Å². The van der Waals surface area contributed by atoms with Crippen molar-refractivity contribution >= 4 is 16.9 Å². The van der Waals surface area contributed by atoms with Crippen LogP contribution in [0, 0.1) is 0 Å². The van der Waals surface area contributed by atoms with Crippen molar-refractivity contribution in [2.24, 2.45) is 0 Å². The fraction of sp³-hybridized carbons (Fsp3) is 0.312. The van der Waals surface area contributed by atoms with Gasteiger partial charge in [-0.15, -0.1) is 0 Å². The number of pyridine rings is 2. The van der Waals surface area contributed by atoms with Crippen LogP contribution in [0.1, 0.15) is 31.9 Å². The number of nitrogens with zero attached hydrogens (tertiary/aromatic N) is 3. The molecule has 0 bridgehead atoms. The predicted molar refractivity (Wildman–Crippen MR) is 84.2 cm³/mol. The second kappa shape index (κ2) is 5.16. The van der Waals surface area contributed by atoms with Crippen molar-refractivity contribution in [3.8, 4) is 0 Å². The van der Waals surface area contributed by atoms with Gasteiger partial charge in [0.05, 0.1) is 11.8 Å². The van der Waals surface area contributed by atoms with E-state index in [1.165, 1.54) is 5.56 Å². The predicted octanol–water partition coefficient (Wildman–Crippen LogP) is 3.26. The van der Waals surface area contributed by atoms with Crippen LogP contribution in [0.5, 0.6) is 0 Å². The van der Waals surface area contributed by atoms with Gasteiger partial charge in [-0.3, -0.25) is 4.98 Å². The molecule has 0 aliphatic rings. The zero-order valence-corrected chi connectivity index (χ0v) is 12.5. The fourth-order valence-electron chi connectivity index (χ4n) is 2.18. The van der Waals surface area contributed by atoms with Crippen molar-refractivity contribution < 1.29 is 0 Å². The van der Waals surface area contributed by atoms with Gasteiger partial charge in [-0.05, 0) is 22.6 Å². The third-order valence-electron chi connectivity index (χ3n) is 3.46. The molecule has 0 fully saturated rings. The SMILES string of the molecule is CC(C)(C)c1cncc(CNc2nccc3[nH]cnc23)c1. The van der Waals surface area contributed by atoms with E-state index in [0.29, 0.717) is 6.54 Å². The Morgan fingerprint density at radius 1 is 1.19 bits per heavy atom. The van der Waals surface area contributed by atoms with Crippen molar-refractivity contribution in [3.63, 3.8) is 0 Å². The molecule has 0 atom stereocenters. The molecular formula is C16H19N5. The molecule has 0 spiro atoms. The maximum absolute atomic E-state index is 4.35. The summed E-state index contributed by atoms with van der Waals surface area (Å²) in [4.78, 5) is 16.1. The van der Waals surface area contributed by atoms with Crippen molar-refractivity contribution in [2.75, 3.05) is 5.32 Å². The summed E-state index contributed by atoms with van der Waals surface area (Å²) in [6.07, 6.45) is 7.26. The molecule has 3 aromatic rings. The number of rotatable bonds is 3. The van der Waals surface area contributed by atoms with E-state index in [4.69, 9.17) is 0 Å². The van der Waals surface area contributed by atoms with Crippen LogP contribution in [-0.4, -0.2) is 19.9 Å². The molecule has 0 unspecified atom stereocenters. The van der Waals surface area contributed by atoms with Crippen LogP contribution in [0.3, 0.4) is 0 Å². The number of aromatic amines is 1. The van der Waals surface area contributed by atoms with E-state index in [1.807, 2.05) is 18.5 Å². The summed E-state index contributed by atoms with van der Waals surface area (Å²) in [6, 6.07) is 4.10. The summed E-state index contributed by atoms with van der Waals surface area (Å²) >= 11 is 0. The first kappa shape index (κ1) is 13.5. The maximum atomic E-state index is 4.35. The molecule has 108 valence electrons. The van der Waals surface area contributed by atoms with Gasteiger partial charge in [-0.2, -0.15) is 0 Å². The van der Waals surface area contributed by atoms with Gasteiger partial charge in [0.1, 0.15) is 5.52 Å². The lowest BCUT2D eigenvalue weighted by Crippen LogP contribution is -2.12. The molecule has 0 radical (unpaired) electrons. The normalized spacial score (nSPS) is 11.8. The third-order valence-corrected chi connectivity index (χ3v) is 3.46. The molecule has 2 N–H and O–H groups in total. The molecule has 0 aliphatic heterocycles. The Hall–Kier alpha value is -2.43. The van der Waals surface area contributed by atoms with Gasteiger partial charge in [-0.1, -0.05) is 26.8 Å². The lowest BCUT2D eigenvalue weighted by atomic mass is 9.88.